The third kappa shape index (κ3) is 6.13. The Morgan fingerprint density at radius 3 is 2.62 bits per heavy atom. The Morgan fingerprint density at radius 2 is 2.04 bits per heavy atom. The van der Waals surface area contributed by atoms with Gasteiger partial charge in [0.25, 0.3) is 0 Å². The summed E-state index contributed by atoms with van der Waals surface area (Å²) >= 11 is 0. The molecule has 0 radical (unpaired) electrons. The van der Waals surface area contributed by atoms with E-state index in [1.165, 1.54) is 5.56 Å². The van der Waals surface area contributed by atoms with Crippen LogP contribution in [0.15, 0.2) is 24.3 Å². The fraction of sp³-hybridized carbons (Fsp3) is 0.632. The maximum absolute atomic E-state index is 11.9. The molecule has 134 valence electrons. The van der Waals surface area contributed by atoms with E-state index >= 15 is 0 Å². The molecule has 1 amide bonds. The van der Waals surface area contributed by atoms with Crippen molar-refractivity contribution in [3.05, 3.63) is 29.8 Å². The number of ether oxygens (including phenoxy) is 1. The van der Waals surface area contributed by atoms with E-state index in [-0.39, 0.29) is 6.10 Å². The Bertz CT molecular complexity index is 544. The van der Waals surface area contributed by atoms with E-state index in [9.17, 15) is 9.90 Å². The maximum Gasteiger partial charge on any atom is 0.412 e. The number of benzene rings is 1. The van der Waals surface area contributed by atoms with Crippen LogP contribution in [0.4, 0.5) is 10.5 Å². The van der Waals surface area contributed by atoms with E-state index in [1.54, 1.807) is 0 Å². The second kappa shape index (κ2) is 7.99. The molecule has 1 heterocycles. The molecule has 1 unspecified atom stereocenters. The second-order valence-electron chi connectivity index (χ2n) is 7.68. The zero-order valence-electron chi connectivity index (χ0n) is 15.2. The Kier molecular flexibility index (Phi) is 6.24. The molecule has 1 aromatic rings. The van der Waals surface area contributed by atoms with E-state index in [1.807, 2.05) is 45.9 Å². The number of likely N-dealkylation sites (tertiary alicyclic amines) is 1. The number of anilines is 1. The van der Waals surface area contributed by atoms with Crippen LogP contribution in [-0.4, -0.2) is 40.9 Å². The summed E-state index contributed by atoms with van der Waals surface area (Å²) in [7, 11) is 0. The number of amides is 1. The molecule has 1 atom stereocenters. The van der Waals surface area contributed by atoms with Gasteiger partial charge < -0.3 is 9.84 Å². The molecule has 0 aromatic heterocycles. The first-order valence-electron chi connectivity index (χ1n) is 8.72. The Balaban J connectivity index is 1.88. The third-order valence-electron chi connectivity index (χ3n) is 4.29. The topological polar surface area (TPSA) is 61.8 Å². The summed E-state index contributed by atoms with van der Waals surface area (Å²) in [5.41, 5.74) is 1.41. The van der Waals surface area contributed by atoms with Crippen LogP contribution in [0.5, 0.6) is 0 Å². The van der Waals surface area contributed by atoms with Crippen molar-refractivity contribution >= 4 is 11.8 Å². The summed E-state index contributed by atoms with van der Waals surface area (Å²) in [4.78, 5) is 14.3. The molecule has 2 N–H and O–H groups in total. The summed E-state index contributed by atoms with van der Waals surface area (Å²) in [6.45, 7) is 10.3. The number of aliphatic hydroxyl groups excluding tert-OH is 1. The molecular formula is C19H30N2O3. The van der Waals surface area contributed by atoms with E-state index in [0.29, 0.717) is 5.92 Å². The van der Waals surface area contributed by atoms with Gasteiger partial charge in [0.2, 0.25) is 0 Å². The Hall–Kier alpha value is -1.59. The summed E-state index contributed by atoms with van der Waals surface area (Å²) < 4.78 is 5.28. The molecule has 5 nitrogen and oxygen atoms in total. The van der Waals surface area contributed by atoms with Crippen molar-refractivity contribution in [2.75, 3.05) is 18.4 Å². The van der Waals surface area contributed by atoms with Crippen molar-refractivity contribution in [2.45, 2.75) is 58.8 Å². The molecule has 0 spiro atoms. The van der Waals surface area contributed by atoms with Gasteiger partial charge in [-0.15, -0.1) is 0 Å². The number of hydrogen-bond acceptors (Lipinski definition) is 4. The highest BCUT2D eigenvalue weighted by Gasteiger charge is 2.22. The second-order valence-corrected chi connectivity index (χ2v) is 7.68. The van der Waals surface area contributed by atoms with Gasteiger partial charge in [-0.05, 0) is 77.2 Å². The van der Waals surface area contributed by atoms with Crippen LogP contribution in [0.3, 0.4) is 0 Å². The van der Waals surface area contributed by atoms with Crippen molar-refractivity contribution in [1.29, 1.82) is 0 Å². The van der Waals surface area contributed by atoms with Gasteiger partial charge >= 0.3 is 6.09 Å². The lowest BCUT2D eigenvalue weighted by atomic mass is 9.92. The molecule has 1 aliphatic rings. The van der Waals surface area contributed by atoms with E-state index in [0.717, 1.165) is 38.2 Å². The number of piperidine rings is 1. The number of hydrogen-bond donors (Lipinski definition) is 2. The summed E-state index contributed by atoms with van der Waals surface area (Å²) in [6.07, 6.45) is 1.42. The molecular weight excluding hydrogens is 304 g/mol. The van der Waals surface area contributed by atoms with Crippen LogP contribution in [0.2, 0.25) is 0 Å². The summed E-state index contributed by atoms with van der Waals surface area (Å²) in [5, 5.41) is 12.5. The van der Waals surface area contributed by atoms with Crippen molar-refractivity contribution in [3.8, 4) is 0 Å². The summed E-state index contributed by atoms with van der Waals surface area (Å²) in [5.74, 6) is 0.418. The first kappa shape index (κ1) is 18.7. The van der Waals surface area contributed by atoms with Gasteiger partial charge in [-0.1, -0.05) is 12.1 Å². The molecule has 1 aliphatic heterocycles. The van der Waals surface area contributed by atoms with Gasteiger partial charge in [0.15, 0.2) is 0 Å². The van der Waals surface area contributed by atoms with Gasteiger partial charge in [0.1, 0.15) is 5.60 Å². The van der Waals surface area contributed by atoms with Crippen molar-refractivity contribution < 1.29 is 14.6 Å². The highest BCUT2D eigenvalue weighted by molar-refractivity contribution is 5.84. The van der Waals surface area contributed by atoms with Crippen LogP contribution in [0, 0.1) is 5.92 Å². The fourth-order valence-electron chi connectivity index (χ4n) is 3.02. The summed E-state index contributed by atoms with van der Waals surface area (Å²) in [6, 6.07) is 7.88. The number of carbonyl (C=O) groups excluding carboxylic acids is 1. The van der Waals surface area contributed by atoms with Crippen LogP contribution < -0.4 is 5.32 Å². The lowest BCUT2D eigenvalue weighted by molar-refractivity contribution is 0.0636. The number of aliphatic hydroxyl groups is 1. The number of carbonyl (C=O) groups is 1. The van der Waals surface area contributed by atoms with Crippen molar-refractivity contribution in [2.24, 2.45) is 5.92 Å². The van der Waals surface area contributed by atoms with Gasteiger partial charge in [-0.2, -0.15) is 0 Å². The number of nitrogens with one attached hydrogen (secondary N) is 1. The lowest BCUT2D eigenvalue weighted by Gasteiger charge is -2.33. The normalized spacial score (nSPS) is 18.2. The predicted octanol–water partition coefficient (Wildman–Crippen LogP) is 3.63. The smallest absolute Gasteiger partial charge is 0.412 e. The van der Waals surface area contributed by atoms with Crippen molar-refractivity contribution in [1.82, 2.24) is 4.90 Å². The minimum absolute atomic E-state index is 0.214. The standard InChI is InChI=1S/C19H30N2O3/c1-14(22)16-8-10-21(11-9-16)13-15-6-5-7-17(12-15)20-18(23)24-19(2,3)4/h5-7,12,14,16,22H,8-11,13H2,1-4H3,(H,20,23). The lowest BCUT2D eigenvalue weighted by Crippen LogP contribution is -2.36. The van der Waals surface area contributed by atoms with Crippen LogP contribution >= 0.6 is 0 Å². The number of rotatable bonds is 4. The molecule has 1 saturated heterocycles. The number of nitrogens with zero attached hydrogens (tertiary/aromatic N) is 1. The molecule has 0 aliphatic carbocycles. The maximum atomic E-state index is 11.9. The van der Waals surface area contributed by atoms with Crippen LogP contribution in [-0.2, 0) is 11.3 Å². The van der Waals surface area contributed by atoms with Gasteiger partial charge in [0.05, 0.1) is 6.10 Å². The molecule has 1 aromatic carbocycles. The highest BCUT2D eigenvalue weighted by atomic mass is 16.6. The van der Waals surface area contributed by atoms with Crippen molar-refractivity contribution in [3.63, 3.8) is 0 Å². The zero-order chi connectivity index (χ0) is 17.7. The highest BCUT2D eigenvalue weighted by Crippen LogP contribution is 2.22. The van der Waals surface area contributed by atoms with E-state index in [4.69, 9.17) is 4.74 Å². The molecule has 0 saturated carbocycles. The monoisotopic (exact) mass is 334 g/mol. The molecule has 2 rings (SSSR count). The first-order valence-corrected chi connectivity index (χ1v) is 8.72. The average Bonchev–Trinajstić information content (AvgIpc) is 2.46. The average molecular weight is 334 g/mol. The van der Waals surface area contributed by atoms with Crippen LogP contribution in [0.1, 0.15) is 46.1 Å². The molecule has 0 bridgehead atoms. The Labute approximate surface area is 145 Å². The van der Waals surface area contributed by atoms with E-state index in [2.05, 4.69) is 16.3 Å². The first-order chi connectivity index (χ1) is 11.2. The molecule has 1 fully saturated rings. The van der Waals surface area contributed by atoms with Gasteiger partial charge in [0, 0.05) is 12.2 Å². The quantitative estimate of drug-likeness (QED) is 0.883. The largest absolute Gasteiger partial charge is 0.444 e. The van der Waals surface area contributed by atoms with E-state index < -0.39 is 11.7 Å². The van der Waals surface area contributed by atoms with Crippen LogP contribution in [0.25, 0.3) is 0 Å². The minimum Gasteiger partial charge on any atom is -0.444 e. The molecule has 5 heteroatoms. The predicted molar refractivity (Wildman–Crippen MR) is 96.0 cm³/mol. The fourth-order valence-corrected chi connectivity index (χ4v) is 3.02. The third-order valence-corrected chi connectivity index (χ3v) is 4.29. The van der Waals surface area contributed by atoms with Gasteiger partial charge in [-0.25, -0.2) is 4.79 Å². The molecule has 24 heavy (non-hydrogen) atoms. The van der Waals surface area contributed by atoms with Gasteiger partial charge in [-0.3, -0.25) is 10.2 Å². The Morgan fingerprint density at radius 1 is 1.38 bits per heavy atom. The zero-order valence-corrected chi connectivity index (χ0v) is 15.2. The SMILES string of the molecule is CC(O)C1CCN(Cc2cccc(NC(=O)OC(C)(C)C)c2)CC1. The minimum atomic E-state index is -0.504.